The molecule has 0 unspecified atom stereocenters. The van der Waals surface area contributed by atoms with Crippen LogP contribution in [0.15, 0.2) is 60.3 Å². The van der Waals surface area contributed by atoms with Crippen LogP contribution < -0.4 is 5.32 Å². The van der Waals surface area contributed by atoms with E-state index in [9.17, 15) is 20.2 Å². The molecule has 1 amide bonds. The third kappa shape index (κ3) is 5.37. The third-order valence-electron chi connectivity index (χ3n) is 5.15. The van der Waals surface area contributed by atoms with Crippen molar-refractivity contribution in [1.82, 2.24) is 4.90 Å². The summed E-state index contributed by atoms with van der Waals surface area (Å²) in [6.07, 6.45) is 4.04. The van der Waals surface area contributed by atoms with Gasteiger partial charge in [-0.25, -0.2) is 0 Å². The number of rotatable bonds is 6. The van der Waals surface area contributed by atoms with Crippen LogP contribution in [0.2, 0.25) is 5.02 Å². The number of hydrogen-bond acceptors (Lipinski definition) is 5. The summed E-state index contributed by atoms with van der Waals surface area (Å²) in [6, 6.07) is 16.4. The minimum absolute atomic E-state index is 0.0180. The van der Waals surface area contributed by atoms with Crippen LogP contribution in [-0.4, -0.2) is 28.8 Å². The number of anilines is 1. The smallest absolute Gasteiger partial charge is 0.289 e. The molecule has 1 heterocycles. The van der Waals surface area contributed by atoms with E-state index in [0.717, 1.165) is 19.3 Å². The molecule has 8 heteroatoms. The summed E-state index contributed by atoms with van der Waals surface area (Å²) in [4.78, 5) is 24.8. The Hall–Kier alpha value is -3.37. The van der Waals surface area contributed by atoms with E-state index in [4.69, 9.17) is 11.6 Å². The zero-order chi connectivity index (χ0) is 21.5. The first kappa shape index (κ1) is 21.3. The highest BCUT2D eigenvalue weighted by Gasteiger charge is 2.25. The number of likely N-dealkylation sites (tertiary alicyclic amines) is 1. The molecule has 7 nitrogen and oxygen atoms in total. The van der Waals surface area contributed by atoms with Crippen molar-refractivity contribution in [2.45, 2.75) is 19.3 Å². The van der Waals surface area contributed by atoms with Gasteiger partial charge in [-0.1, -0.05) is 41.9 Å². The lowest BCUT2D eigenvalue weighted by molar-refractivity contribution is -0.384. The van der Waals surface area contributed by atoms with E-state index in [2.05, 4.69) is 17.4 Å². The van der Waals surface area contributed by atoms with Gasteiger partial charge in [-0.3, -0.25) is 14.9 Å². The van der Waals surface area contributed by atoms with Crippen LogP contribution in [0.1, 0.15) is 18.4 Å². The van der Waals surface area contributed by atoms with Crippen LogP contribution in [0, 0.1) is 27.4 Å². The Kier molecular flexibility index (Phi) is 7.04. The van der Waals surface area contributed by atoms with E-state index in [1.165, 1.54) is 23.9 Å². The molecular weight excluding hydrogens is 404 g/mol. The van der Waals surface area contributed by atoms with E-state index in [1.54, 1.807) is 11.0 Å². The molecule has 1 saturated heterocycles. The first-order valence-corrected chi connectivity index (χ1v) is 9.99. The zero-order valence-electron chi connectivity index (χ0n) is 16.3. The number of nitrogens with zero attached hydrogens (tertiary/aromatic N) is 3. The van der Waals surface area contributed by atoms with Gasteiger partial charge in [0.05, 0.1) is 4.92 Å². The summed E-state index contributed by atoms with van der Waals surface area (Å²) in [5.41, 5.74) is 1.36. The second kappa shape index (κ2) is 9.90. The highest BCUT2D eigenvalue weighted by molar-refractivity contribution is 6.32. The van der Waals surface area contributed by atoms with Crippen LogP contribution in [-0.2, 0) is 11.2 Å². The fourth-order valence-corrected chi connectivity index (χ4v) is 3.68. The van der Waals surface area contributed by atoms with E-state index in [1.807, 2.05) is 24.3 Å². The average molecular weight is 425 g/mol. The summed E-state index contributed by atoms with van der Waals surface area (Å²) in [5, 5.41) is 23.2. The number of amides is 1. The number of hydrogen-bond donors (Lipinski definition) is 1. The fourth-order valence-electron chi connectivity index (χ4n) is 3.50. The Labute approximate surface area is 179 Å². The van der Waals surface area contributed by atoms with Gasteiger partial charge < -0.3 is 10.2 Å². The van der Waals surface area contributed by atoms with E-state index in [-0.39, 0.29) is 22.2 Å². The van der Waals surface area contributed by atoms with Crippen molar-refractivity contribution in [1.29, 1.82) is 5.26 Å². The Morgan fingerprint density at radius 2 is 1.97 bits per heavy atom. The number of nitriles is 1. The topological polar surface area (TPSA) is 99.3 Å². The molecule has 0 aliphatic carbocycles. The lowest BCUT2D eigenvalue weighted by Crippen LogP contribution is -2.39. The highest BCUT2D eigenvalue weighted by Crippen LogP contribution is 2.27. The number of nitrogens with one attached hydrogen (secondary N) is 1. The Morgan fingerprint density at radius 1 is 1.27 bits per heavy atom. The lowest BCUT2D eigenvalue weighted by atomic mass is 9.90. The molecule has 1 N–H and O–H groups in total. The maximum atomic E-state index is 12.7. The molecule has 2 aromatic rings. The predicted octanol–water partition coefficient (Wildman–Crippen LogP) is 4.55. The molecule has 30 heavy (non-hydrogen) atoms. The van der Waals surface area contributed by atoms with Gasteiger partial charge in [-0.05, 0) is 42.9 Å². The predicted molar refractivity (Wildman–Crippen MR) is 115 cm³/mol. The second-order valence-corrected chi connectivity index (χ2v) is 7.57. The third-order valence-corrected chi connectivity index (χ3v) is 5.47. The first-order valence-electron chi connectivity index (χ1n) is 9.62. The minimum atomic E-state index is -0.590. The number of piperidine rings is 1. The van der Waals surface area contributed by atoms with Crippen molar-refractivity contribution in [3.8, 4) is 6.07 Å². The normalized spacial score (nSPS) is 14.8. The summed E-state index contributed by atoms with van der Waals surface area (Å²) in [5.74, 6) is 0.172. The van der Waals surface area contributed by atoms with Crippen molar-refractivity contribution in [3.05, 3.63) is 81.0 Å². The molecule has 3 rings (SSSR count). The van der Waals surface area contributed by atoms with Gasteiger partial charge in [0.1, 0.15) is 16.7 Å². The maximum Gasteiger partial charge on any atom is 0.289 e. The van der Waals surface area contributed by atoms with Gasteiger partial charge in [0.25, 0.3) is 11.6 Å². The number of carbonyl (C=O) groups excluding carboxylic acids is 1. The quantitative estimate of drug-likeness (QED) is 0.317. The second-order valence-electron chi connectivity index (χ2n) is 7.16. The Morgan fingerprint density at radius 3 is 2.60 bits per heavy atom. The van der Waals surface area contributed by atoms with Gasteiger partial charge >= 0.3 is 0 Å². The molecule has 0 saturated carbocycles. The Balaban J connectivity index is 1.59. The first-order chi connectivity index (χ1) is 14.5. The van der Waals surface area contributed by atoms with Gasteiger partial charge in [0.15, 0.2) is 0 Å². The summed E-state index contributed by atoms with van der Waals surface area (Å²) in [6.45, 7) is 1.20. The number of nitro groups is 1. The summed E-state index contributed by atoms with van der Waals surface area (Å²) in [7, 11) is 0. The average Bonchev–Trinajstić information content (AvgIpc) is 2.76. The number of benzene rings is 2. The molecule has 0 bridgehead atoms. The van der Waals surface area contributed by atoms with Crippen LogP contribution in [0.5, 0.6) is 0 Å². The van der Waals surface area contributed by atoms with Crippen molar-refractivity contribution in [2.75, 3.05) is 18.4 Å². The monoisotopic (exact) mass is 424 g/mol. The number of nitro benzene ring substituents is 1. The highest BCUT2D eigenvalue weighted by atomic mass is 35.5. The molecule has 0 radical (unpaired) electrons. The molecule has 0 atom stereocenters. The van der Waals surface area contributed by atoms with E-state index in [0.29, 0.717) is 24.7 Å². The molecule has 1 aliphatic rings. The molecule has 154 valence electrons. The van der Waals surface area contributed by atoms with Crippen molar-refractivity contribution >= 4 is 28.9 Å². The summed E-state index contributed by atoms with van der Waals surface area (Å²) < 4.78 is 0. The molecule has 1 fully saturated rings. The van der Waals surface area contributed by atoms with E-state index >= 15 is 0 Å². The van der Waals surface area contributed by atoms with Gasteiger partial charge in [0.2, 0.25) is 0 Å². The number of carbonyl (C=O) groups is 1. The SMILES string of the molecule is N#C/C(=C/Nc1ccc(Cl)c([N+](=O)[O-])c1)C(=O)N1CCC(Cc2ccccc2)CC1. The minimum Gasteiger partial charge on any atom is -0.360 e. The van der Waals surface area contributed by atoms with Crippen LogP contribution in [0.4, 0.5) is 11.4 Å². The van der Waals surface area contributed by atoms with Crippen LogP contribution >= 0.6 is 11.6 Å². The summed E-state index contributed by atoms with van der Waals surface area (Å²) >= 11 is 5.80. The number of halogens is 1. The van der Waals surface area contributed by atoms with Gasteiger partial charge in [-0.2, -0.15) is 5.26 Å². The fraction of sp³-hybridized carbons (Fsp3) is 0.273. The van der Waals surface area contributed by atoms with Crippen molar-refractivity contribution < 1.29 is 9.72 Å². The van der Waals surface area contributed by atoms with Crippen molar-refractivity contribution in [2.24, 2.45) is 5.92 Å². The molecule has 0 spiro atoms. The standard InChI is InChI=1S/C22H21ClN4O3/c23-20-7-6-19(13-21(20)27(29)30)25-15-18(14-24)22(28)26-10-8-17(9-11-26)12-16-4-2-1-3-5-16/h1-7,13,15,17,25H,8-12H2/b18-15-. The van der Waals surface area contributed by atoms with Crippen LogP contribution in [0.25, 0.3) is 0 Å². The molecule has 2 aromatic carbocycles. The molecule has 1 aliphatic heterocycles. The zero-order valence-corrected chi connectivity index (χ0v) is 17.0. The van der Waals surface area contributed by atoms with Gasteiger partial charge in [0, 0.05) is 31.0 Å². The van der Waals surface area contributed by atoms with Crippen LogP contribution in [0.3, 0.4) is 0 Å². The maximum absolute atomic E-state index is 12.7. The molecular formula is C22H21ClN4O3. The van der Waals surface area contributed by atoms with E-state index < -0.39 is 4.92 Å². The largest absolute Gasteiger partial charge is 0.360 e. The van der Waals surface area contributed by atoms with Gasteiger partial charge in [-0.15, -0.1) is 0 Å². The molecule has 0 aromatic heterocycles. The Bertz CT molecular complexity index is 993. The lowest BCUT2D eigenvalue weighted by Gasteiger charge is -2.32. The van der Waals surface area contributed by atoms with Crippen molar-refractivity contribution in [3.63, 3.8) is 0 Å².